The van der Waals surface area contributed by atoms with Gasteiger partial charge >= 0.3 is 0 Å². The summed E-state index contributed by atoms with van der Waals surface area (Å²) in [5.74, 6) is -0.215. The molecule has 0 saturated carbocycles. The SMILES string of the molecule is Cc1cc(C)n(CC(=O)NN=Cc2ccc(-n3ccnc3)cc2)n1. The van der Waals surface area contributed by atoms with Crippen LogP contribution in [0.15, 0.2) is 54.2 Å². The Morgan fingerprint density at radius 1 is 1.29 bits per heavy atom. The molecule has 0 radical (unpaired) electrons. The molecule has 0 bridgehead atoms. The smallest absolute Gasteiger partial charge is 0.261 e. The Labute approximate surface area is 139 Å². The van der Waals surface area contributed by atoms with Gasteiger partial charge in [-0.15, -0.1) is 0 Å². The average Bonchev–Trinajstić information content (AvgIpc) is 3.18. The monoisotopic (exact) mass is 322 g/mol. The zero-order chi connectivity index (χ0) is 16.9. The first-order chi connectivity index (χ1) is 11.6. The molecule has 3 aromatic rings. The molecule has 0 aliphatic rings. The Bertz CT molecular complexity index is 846. The van der Waals surface area contributed by atoms with Crippen LogP contribution in [0.4, 0.5) is 0 Å². The Balaban J connectivity index is 1.56. The number of nitrogens with one attached hydrogen (secondary N) is 1. The number of imidazole rings is 1. The van der Waals surface area contributed by atoms with Crippen LogP contribution in [-0.4, -0.2) is 31.5 Å². The summed E-state index contributed by atoms with van der Waals surface area (Å²) in [6, 6.07) is 9.69. The first-order valence-corrected chi connectivity index (χ1v) is 7.53. The van der Waals surface area contributed by atoms with Crippen molar-refractivity contribution in [3.63, 3.8) is 0 Å². The molecule has 122 valence electrons. The number of nitrogens with zero attached hydrogens (tertiary/aromatic N) is 5. The fourth-order valence-electron chi connectivity index (χ4n) is 2.33. The standard InChI is InChI=1S/C17H18N6O/c1-13-9-14(2)23(21-13)11-17(24)20-19-10-15-3-5-16(6-4-15)22-8-7-18-12-22/h3-10,12H,11H2,1-2H3,(H,20,24). The van der Waals surface area contributed by atoms with Gasteiger partial charge in [0.05, 0.1) is 18.2 Å². The predicted octanol–water partition coefficient (Wildman–Crippen LogP) is 1.84. The van der Waals surface area contributed by atoms with Crippen LogP contribution in [0.3, 0.4) is 0 Å². The van der Waals surface area contributed by atoms with Crippen molar-refractivity contribution in [2.75, 3.05) is 0 Å². The third-order valence-corrected chi connectivity index (χ3v) is 3.50. The second kappa shape index (κ2) is 6.91. The van der Waals surface area contributed by atoms with Crippen LogP contribution in [0.1, 0.15) is 17.0 Å². The first-order valence-electron chi connectivity index (χ1n) is 7.53. The van der Waals surface area contributed by atoms with Gasteiger partial charge in [0.1, 0.15) is 6.54 Å². The lowest BCUT2D eigenvalue weighted by Crippen LogP contribution is -2.24. The Morgan fingerprint density at radius 3 is 2.71 bits per heavy atom. The largest absolute Gasteiger partial charge is 0.306 e. The maximum atomic E-state index is 11.9. The molecule has 1 N–H and O–H groups in total. The highest BCUT2D eigenvalue weighted by Crippen LogP contribution is 2.07. The molecule has 0 aliphatic carbocycles. The number of rotatable bonds is 5. The van der Waals surface area contributed by atoms with E-state index in [1.165, 1.54) is 0 Å². The van der Waals surface area contributed by atoms with Crippen molar-refractivity contribution in [2.24, 2.45) is 5.10 Å². The number of carbonyl (C=O) groups excluding carboxylic acids is 1. The molecular weight excluding hydrogens is 304 g/mol. The lowest BCUT2D eigenvalue weighted by atomic mass is 10.2. The van der Waals surface area contributed by atoms with Gasteiger partial charge in [0, 0.05) is 23.8 Å². The van der Waals surface area contributed by atoms with Gasteiger partial charge in [0.15, 0.2) is 0 Å². The van der Waals surface area contributed by atoms with E-state index in [1.807, 2.05) is 54.9 Å². The summed E-state index contributed by atoms with van der Waals surface area (Å²) in [6.07, 6.45) is 6.95. The molecule has 0 spiro atoms. The minimum absolute atomic E-state index is 0.149. The minimum Gasteiger partial charge on any atom is -0.306 e. The van der Waals surface area contributed by atoms with E-state index in [4.69, 9.17) is 0 Å². The molecule has 0 saturated heterocycles. The third-order valence-electron chi connectivity index (χ3n) is 3.50. The number of benzene rings is 1. The molecule has 7 heteroatoms. The predicted molar refractivity (Wildman–Crippen MR) is 91.0 cm³/mol. The van der Waals surface area contributed by atoms with Gasteiger partial charge < -0.3 is 4.57 Å². The van der Waals surface area contributed by atoms with Crippen LogP contribution >= 0.6 is 0 Å². The van der Waals surface area contributed by atoms with E-state index in [1.54, 1.807) is 23.4 Å². The number of hydrazone groups is 1. The van der Waals surface area contributed by atoms with Crippen molar-refractivity contribution >= 4 is 12.1 Å². The van der Waals surface area contributed by atoms with E-state index in [2.05, 4.69) is 20.6 Å². The molecule has 0 atom stereocenters. The summed E-state index contributed by atoms with van der Waals surface area (Å²) in [6.45, 7) is 3.96. The molecule has 0 fully saturated rings. The highest BCUT2D eigenvalue weighted by Gasteiger charge is 2.05. The van der Waals surface area contributed by atoms with Gasteiger partial charge in [-0.3, -0.25) is 9.48 Å². The lowest BCUT2D eigenvalue weighted by molar-refractivity contribution is -0.121. The summed E-state index contributed by atoms with van der Waals surface area (Å²) >= 11 is 0. The zero-order valence-corrected chi connectivity index (χ0v) is 13.5. The van der Waals surface area contributed by atoms with E-state index >= 15 is 0 Å². The summed E-state index contributed by atoms with van der Waals surface area (Å²) in [7, 11) is 0. The van der Waals surface area contributed by atoms with Crippen LogP contribution in [0.25, 0.3) is 5.69 Å². The van der Waals surface area contributed by atoms with E-state index < -0.39 is 0 Å². The second-order valence-corrected chi connectivity index (χ2v) is 5.44. The van der Waals surface area contributed by atoms with Crippen molar-refractivity contribution in [1.82, 2.24) is 24.8 Å². The number of carbonyl (C=O) groups is 1. The number of hydrogen-bond donors (Lipinski definition) is 1. The molecule has 1 amide bonds. The maximum Gasteiger partial charge on any atom is 0.261 e. The van der Waals surface area contributed by atoms with Crippen LogP contribution < -0.4 is 5.43 Å². The number of aryl methyl sites for hydroxylation is 2. The Hall–Kier alpha value is -3.22. The average molecular weight is 322 g/mol. The van der Waals surface area contributed by atoms with Gasteiger partial charge in [-0.2, -0.15) is 10.2 Å². The van der Waals surface area contributed by atoms with Gasteiger partial charge in [-0.25, -0.2) is 10.4 Å². The highest BCUT2D eigenvalue weighted by atomic mass is 16.2. The summed E-state index contributed by atoms with van der Waals surface area (Å²) in [5.41, 5.74) is 6.26. The topological polar surface area (TPSA) is 77.1 Å². The molecular formula is C17H18N6O. The normalized spacial score (nSPS) is 11.1. The van der Waals surface area contributed by atoms with Gasteiger partial charge in [-0.1, -0.05) is 12.1 Å². The molecule has 7 nitrogen and oxygen atoms in total. The summed E-state index contributed by atoms with van der Waals surface area (Å²) < 4.78 is 3.57. The van der Waals surface area contributed by atoms with Crippen LogP contribution in [0.5, 0.6) is 0 Å². The second-order valence-electron chi connectivity index (χ2n) is 5.44. The first kappa shape index (κ1) is 15.7. The number of aromatic nitrogens is 4. The Kier molecular flexibility index (Phi) is 4.51. The molecule has 1 aromatic carbocycles. The third kappa shape index (κ3) is 3.75. The summed E-state index contributed by atoms with van der Waals surface area (Å²) in [4.78, 5) is 15.9. The van der Waals surface area contributed by atoms with Crippen molar-refractivity contribution in [1.29, 1.82) is 0 Å². The quantitative estimate of drug-likeness (QED) is 0.575. The van der Waals surface area contributed by atoms with Crippen LogP contribution in [0.2, 0.25) is 0 Å². The molecule has 0 unspecified atom stereocenters. The fourth-order valence-corrected chi connectivity index (χ4v) is 2.33. The molecule has 24 heavy (non-hydrogen) atoms. The molecule has 2 aromatic heterocycles. The fraction of sp³-hybridized carbons (Fsp3) is 0.176. The number of hydrogen-bond acceptors (Lipinski definition) is 4. The highest BCUT2D eigenvalue weighted by molar-refractivity contribution is 5.82. The molecule has 3 rings (SSSR count). The molecule has 2 heterocycles. The maximum absolute atomic E-state index is 11.9. The van der Waals surface area contributed by atoms with Crippen LogP contribution in [-0.2, 0) is 11.3 Å². The minimum atomic E-state index is -0.215. The lowest BCUT2D eigenvalue weighted by Gasteiger charge is -2.03. The van der Waals surface area contributed by atoms with Gasteiger partial charge in [0.25, 0.3) is 5.91 Å². The van der Waals surface area contributed by atoms with E-state index in [-0.39, 0.29) is 12.5 Å². The van der Waals surface area contributed by atoms with Gasteiger partial charge in [-0.05, 0) is 37.6 Å². The zero-order valence-electron chi connectivity index (χ0n) is 13.5. The van der Waals surface area contributed by atoms with E-state index in [9.17, 15) is 4.79 Å². The Morgan fingerprint density at radius 2 is 2.08 bits per heavy atom. The van der Waals surface area contributed by atoms with Crippen molar-refractivity contribution in [3.8, 4) is 5.69 Å². The van der Waals surface area contributed by atoms with E-state index in [0.29, 0.717) is 0 Å². The van der Waals surface area contributed by atoms with Gasteiger partial charge in [0.2, 0.25) is 0 Å². The van der Waals surface area contributed by atoms with Crippen molar-refractivity contribution in [3.05, 3.63) is 66.0 Å². The number of amides is 1. The summed E-state index contributed by atoms with van der Waals surface area (Å²) in [5, 5.41) is 8.23. The van der Waals surface area contributed by atoms with Crippen LogP contribution in [0, 0.1) is 13.8 Å². The van der Waals surface area contributed by atoms with Crippen molar-refractivity contribution in [2.45, 2.75) is 20.4 Å². The van der Waals surface area contributed by atoms with E-state index in [0.717, 1.165) is 22.6 Å². The van der Waals surface area contributed by atoms with Crippen molar-refractivity contribution < 1.29 is 4.79 Å². The molecule has 0 aliphatic heterocycles.